The molecule has 2 rings (SSSR count). The predicted molar refractivity (Wildman–Crippen MR) is 79.8 cm³/mol. The van der Waals surface area contributed by atoms with Crippen molar-refractivity contribution in [3.8, 4) is 5.75 Å². The number of carbonyl (C=O) groups is 1. The Kier molecular flexibility index (Phi) is 4.69. The van der Waals surface area contributed by atoms with Crippen LogP contribution >= 0.6 is 0 Å². The Bertz CT molecular complexity index is 632. The lowest BCUT2D eigenvalue weighted by atomic mass is 10.1. The second kappa shape index (κ2) is 6.48. The molecule has 1 unspecified atom stereocenters. The van der Waals surface area contributed by atoms with Crippen molar-refractivity contribution in [2.24, 2.45) is 0 Å². The Morgan fingerprint density at radius 2 is 1.85 bits per heavy atom. The average Bonchev–Trinajstić information content (AvgIpc) is 2.47. The van der Waals surface area contributed by atoms with Crippen molar-refractivity contribution in [3.05, 3.63) is 59.7 Å². The first-order chi connectivity index (χ1) is 9.60. The van der Waals surface area contributed by atoms with E-state index >= 15 is 0 Å². The van der Waals surface area contributed by atoms with E-state index in [1.807, 2.05) is 25.1 Å². The van der Waals surface area contributed by atoms with Gasteiger partial charge in [-0.1, -0.05) is 12.1 Å². The first kappa shape index (κ1) is 14.5. The van der Waals surface area contributed by atoms with Gasteiger partial charge in [0, 0.05) is 10.5 Å². The van der Waals surface area contributed by atoms with Gasteiger partial charge in [-0.15, -0.1) is 0 Å². The number of Topliss-reactive ketones (excluding diaryl/α,β-unsaturated/α-hetero) is 1. The van der Waals surface area contributed by atoms with Crippen LogP contribution in [0.5, 0.6) is 5.75 Å². The highest BCUT2D eigenvalue weighted by Gasteiger charge is 2.12. The normalized spacial score (nSPS) is 11.9. The van der Waals surface area contributed by atoms with Crippen LogP contribution in [0.3, 0.4) is 0 Å². The minimum Gasteiger partial charge on any atom is -0.497 e. The standard InChI is InChI=1S/C16H16O3S/c1-12-4-3-5-15(10-12)20(18)11-16(17)13-6-8-14(19-2)9-7-13/h3-10H,11H2,1-2H3. The first-order valence-electron chi connectivity index (χ1n) is 6.22. The second-order valence-electron chi connectivity index (χ2n) is 4.46. The Labute approximate surface area is 121 Å². The van der Waals surface area contributed by atoms with Gasteiger partial charge in [0.15, 0.2) is 5.78 Å². The number of rotatable bonds is 5. The van der Waals surface area contributed by atoms with Crippen LogP contribution in [0.1, 0.15) is 15.9 Å². The molecular formula is C16H16O3S. The van der Waals surface area contributed by atoms with E-state index in [2.05, 4.69) is 0 Å². The second-order valence-corrected chi connectivity index (χ2v) is 5.91. The fraction of sp³-hybridized carbons (Fsp3) is 0.188. The Balaban J connectivity index is 2.08. The SMILES string of the molecule is COc1ccc(C(=O)CS(=O)c2cccc(C)c2)cc1. The average molecular weight is 288 g/mol. The van der Waals surface area contributed by atoms with Gasteiger partial charge in [-0.2, -0.15) is 0 Å². The third-order valence-corrected chi connectivity index (χ3v) is 4.23. The molecule has 0 radical (unpaired) electrons. The lowest BCUT2D eigenvalue weighted by molar-refractivity contribution is 0.102. The van der Waals surface area contributed by atoms with Gasteiger partial charge in [-0.05, 0) is 48.9 Å². The monoisotopic (exact) mass is 288 g/mol. The summed E-state index contributed by atoms with van der Waals surface area (Å²) in [5, 5.41) is 0. The molecule has 0 fully saturated rings. The summed E-state index contributed by atoms with van der Waals surface area (Å²) in [6, 6.07) is 14.2. The maximum Gasteiger partial charge on any atom is 0.175 e. The number of ether oxygens (including phenoxy) is 1. The first-order valence-corrected chi connectivity index (χ1v) is 7.54. The van der Waals surface area contributed by atoms with Crippen molar-refractivity contribution >= 4 is 16.6 Å². The molecule has 0 spiro atoms. The number of hydrogen-bond donors (Lipinski definition) is 0. The molecule has 0 bridgehead atoms. The summed E-state index contributed by atoms with van der Waals surface area (Å²) in [5.41, 5.74) is 1.58. The van der Waals surface area contributed by atoms with E-state index in [1.165, 1.54) is 0 Å². The minimum atomic E-state index is -1.31. The quantitative estimate of drug-likeness (QED) is 0.794. The van der Waals surface area contributed by atoms with Gasteiger partial charge in [-0.3, -0.25) is 9.00 Å². The summed E-state index contributed by atoms with van der Waals surface area (Å²) in [6.45, 7) is 1.94. The summed E-state index contributed by atoms with van der Waals surface area (Å²) in [7, 11) is 0.261. The van der Waals surface area contributed by atoms with Crippen LogP contribution < -0.4 is 4.74 Å². The Morgan fingerprint density at radius 3 is 2.45 bits per heavy atom. The third kappa shape index (κ3) is 3.54. The van der Waals surface area contributed by atoms with Gasteiger partial charge in [-0.25, -0.2) is 0 Å². The Hall–Kier alpha value is -1.94. The lowest BCUT2D eigenvalue weighted by Crippen LogP contribution is -2.11. The maximum absolute atomic E-state index is 12.2. The molecule has 3 nitrogen and oxygen atoms in total. The molecule has 2 aromatic rings. The van der Waals surface area contributed by atoms with Gasteiger partial charge in [0.25, 0.3) is 0 Å². The molecule has 0 saturated heterocycles. The predicted octanol–water partition coefficient (Wildman–Crippen LogP) is 2.99. The molecule has 0 N–H and O–H groups in total. The van der Waals surface area contributed by atoms with Gasteiger partial charge < -0.3 is 4.74 Å². The van der Waals surface area contributed by atoms with Gasteiger partial charge >= 0.3 is 0 Å². The van der Waals surface area contributed by atoms with Gasteiger partial charge in [0.05, 0.1) is 23.7 Å². The van der Waals surface area contributed by atoms with Crippen molar-refractivity contribution in [1.82, 2.24) is 0 Å². The van der Waals surface area contributed by atoms with E-state index in [9.17, 15) is 9.00 Å². The molecule has 2 aromatic carbocycles. The number of benzene rings is 2. The van der Waals surface area contributed by atoms with Crippen molar-refractivity contribution in [2.45, 2.75) is 11.8 Å². The van der Waals surface area contributed by atoms with Crippen LogP contribution in [-0.4, -0.2) is 22.9 Å². The molecule has 0 amide bonds. The molecule has 20 heavy (non-hydrogen) atoms. The van der Waals surface area contributed by atoms with Crippen LogP contribution in [0.15, 0.2) is 53.4 Å². The molecule has 0 aromatic heterocycles. The number of aryl methyl sites for hydroxylation is 1. The summed E-state index contributed by atoms with van der Waals surface area (Å²) in [4.78, 5) is 12.8. The topological polar surface area (TPSA) is 43.4 Å². The summed E-state index contributed by atoms with van der Waals surface area (Å²) >= 11 is 0. The lowest BCUT2D eigenvalue weighted by Gasteiger charge is -2.04. The van der Waals surface area contributed by atoms with Crippen molar-refractivity contribution < 1.29 is 13.7 Å². The van der Waals surface area contributed by atoms with Crippen LogP contribution in [0.4, 0.5) is 0 Å². The molecule has 0 aliphatic carbocycles. The zero-order valence-corrected chi connectivity index (χ0v) is 12.3. The minimum absolute atomic E-state index is 0.00418. The van der Waals surface area contributed by atoms with E-state index in [4.69, 9.17) is 4.74 Å². The Morgan fingerprint density at radius 1 is 1.15 bits per heavy atom. The maximum atomic E-state index is 12.2. The third-order valence-electron chi connectivity index (χ3n) is 2.93. The molecule has 0 aliphatic heterocycles. The number of methoxy groups -OCH3 is 1. The summed E-state index contributed by atoms with van der Waals surface area (Å²) in [6.07, 6.45) is 0. The largest absolute Gasteiger partial charge is 0.497 e. The highest BCUT2D eigenvalue weighted by molar-refractivity contribution is 7.85. The molecule has 0 heterocycles. The van der Waals surface area contributed by atoms with Crippen molar-refractivity contribution in [3.63, 3.8) is 0 Å². The van der Waals surface area contributed by atoms with Crippen LogP contribution in [0, 0.1) is 6.92 Å². The molecular weight excluding hydrogens is 272 g/mol. The summed E-state index contributed by atoms with van der Waals surface area (Å²) in [5.74, 6) is 0.560. The van der Waals surface area contributed by atoms with Crippen LogP contribution in [-0.2, 0) is 10.8 Å². The molecule has 0 aliphatic rings. The van der Waals surface area contributed by atoms with E-state index < -0.39 is 10.8 Å². The highest BCUT2D eigenvalue weighted by Crippen LogP contribution is 2.14. The fourth-order valence-corrected chi connectivity index (χ4v) is 2.94. The van der Waals surface area contributed by atoms with Gasteiger partial charge in [0.1, 0.15) is 5.75 Å². The molecule has 1 atom stereocenters. The van der Waals surface area contributed by atoms with E-state index in [1.54, 1.807) is 37.4 Å². The molecule has 104 valence electrons. The van der Waals surface area contributed by atoms with E-state index in [0.717, 1.165) is 5.56 Å². The number of ketones is 1. The van der Waals surface area contributed by atoms with Crippen LogP contribution in [0.2, 0.25) is 0 Å². The highest BCUT2D eigenvalue weighted by atomic mass is 32.2. The zero-order chi connectivity index (χ0) is 14.5. The zero-order valence-electron chi connectivity index (χ0n) is 11.5. The van der Waals surface area contributed by atoms with Crippen molar-refractivity contribution in [1.29, 1.82) is 0 Å². The molecule has 4 heteroatoms. The number of carbonyl (C=O) groups excluding carboxylic acids is 1. The van der Waals surface area contributed by atoms with E-state index in [-0.39, 0.29) is 11.5 Å². The van der Waals surface area contributed by atoms with Crippen LogP contribution in [0.25, 0.3) is 0 Å². The van der Waals surface area contributed by atoms with E-state index in [0.29, 0.717) is 16.2 Å². The van der Waals surface area contributed by atoms with Crippen molar-refractivity contribution in [2.75, 3.05) is 12.9 Å². The number of hydrogen-bond acceptors (Lipinski definition) is 3. The smallest absolute Gasteiger partial charge is 0.175 e. The summed E-state index contributed by atoms with van der Waals surface area (Å²) < 4.78 is 17.2. The van der Waals surface area contributed by atoms with Gasteiger partial charge in [0.2, 0.25) is 0 Å². The fourth-order valence-electron chi connectivity index (χ4n) is 1.82. The molecule has 0 saturated carbocycles.